The monoisotopic (exact) mass is 645 g/mol. The fourth-order valence-electron chi connectivity index (χ4n) is 6.19. The molecule has 4 aromatic rings. The Kier molecular flexibility index (Phi) is 9.87. The van der Waals surface area contributed by atoms with E-state index in [1.807, 2.05) is 75.6 Å². The van der Waals surface area contributed by atoms with Gasteiger partial charge in [0.1, 0.15) is 5.60 Å². The molecular formula is C39H43N5O4. The van der Waals surface area contributed by atoms with Crippen molar-refractivity contribution < 1.29 is 19.4 Å². The van der Waals surface area contributed by atoms with Crippen LogP contribution in [0.15, 0.2) is 91.3 Å². The van der Waals surface area contributed by atoms with Crippen LogP contribution in [0.1, 0.15) is 48.7 Å². The van der Waals surface area contributed by atoms with Crippen molar-refractivity contribution in [1.29, 1.82) is 0 Å². The first-order chi connectivity index (χ1) is 23.1. The number of piperazine rings is 1. The van der Waals surface area contributed by atoms with Crippen LogP contribution in [0.4, 0.5) is 10.5 Å². The number of carboxylic acids is 1. The topological polar surface area (TPSA) is 99.1 Å². The minimum absolute atomic E-state index is 0.245. The van der Waals surface area contributed by atoms with E-state index in [1.54, 1.807) is 11.0 Å². The van der Waals surface area contributed by atoms with Crippen LogP contribution in [-0.4, -0.2) is 88.4 Å². The normalized spacial score (nSPS) is 15.6. The third kappa shape index (κ3) is 8.09. The number of amides is 1. The number of carboxylic acid groups (broad SMARTS) is 1. The molecule has 1 N–H and O–H groups in total. The summed E-state index contributed by atoms with van der Waals surface area (Å²) < 4.78 is 5.51. The molecule has 2 aliphatic rings. The summed E-state index contributed by atoms with van der Waals surface area (Å²) in [5.74, 6) is -0.316. The maximum Gasteiger partial charge on any atom is 0.410 e. The number of anilines is 1. The second kappa shape index (κ2) is 14.4. The average Bonchev–Trinajstić information content (AvgIpc) is 3.10. The van der Waals surface area contributed by atoms with Crippen LogP contribution >= 0.6 is 0 Å². The summed E-state index contributed by atoms with van der Waals surface area (Å²) in [6.45, 7) is 11.4. The highest BCUT2D eigenvalue weighted by atomic mass is 16.6. The highest BCUT2D eigenvalue weighted by Gasteiger charge is 2.25. The van der Waals surface area contributed by atoms with E-state index in [-0.39, 0.29) is 11.7 Å². The molecule has 0 bridgehead atoms. The molecule has 9 nitrogen and oxygen atoms in total. The Labute approximate surface area is 282 Å². The van der Waals surface area contributed by atoms with Crippen molar-refractivity contribution in [2.24, 2.45) is 0 Å². The van der Waals surface area contributed by atoms with E-state index in [4.69, 9.17) is 4.74 Å². The molecule has 0 unspecified atom stereocenters. The molecule has 0 saturated carbocycles. The van der Waals surface area contributed by atoms with Crippen LogP contribution in [0, 0.1) is 0 Å². The lowest BCUT2D eigenvalue weighted by Crippen LogP contribution is -2.47. The number of carbonyl (C=O) groups is 2. The Bertz CT molecular complexity index is 1760. The van der Waals surface area contributed by atoms with Crippen molar-refractivity contribution in [1.82, 2.24) is 19.8 Å². The van der Waals surface area contributed by atoms with Gasteiger partial charge in [-0.25, -0.2) is 19.6 Å². The maximum atomic E-state index is 12.5. The molecule has 0 aliphatic carbocycles. The quantitative estimate of drug-likeness (QED) is 0.221. The van der Waals surface area contributed by atoms with Gasteiger partial charge in [-0.3, -0.25) is 4.90 Å². The molecule has 48 heavy (non-hydrogen) atoms. The predicted molar refractivity (Wildman–Crippen MR) is 189 cm³/mol. The third-order valence-electron chi connectivity index (χ3n) is 8.87. The highest BCUT2D eigenvalue weighted by Crippen LogP contribution is 2.32. The number of nitrogens with zero attached hydrogens (tertiary/aromatic N) is 5. The molecule has 6 rings (SSSR count). The summed E-state index contributed by atoms with van der Waals surface area (Å²) in [5, 5.41) is 9.93. The summed E-state index contributed by atoms with van der Waals surface area (Å²) in [5.41, 5.74) is 6.46. The summed E-state index contributed by atoms with van der Waals surface area (Å²) >= 11 is 0. The van der Waals surface area contributed by atoms with Crippen molar-refractivity contribution >= 4 is 23.3 Å². The van der Waals surface area contributed by atoms with Crippen LogP contribution in [-0.2, 0) is 11.2 Å². The second-order valence-electron chi connectivity index (χ2n) is 13.4. The Morgan fingerprint density at radius 3 is 2.12 bits per heavy atom. The van der Waals surface area contributed by atoms with Crippen molar-refractivity contribution in [2.75, 3.05) is 50.7 Å². The van der Waals surface area contributed by atoms with Crippen molar-refractivity contribution in [3.8, 4) is 22.5 Å². The van der Waals surface area contributed by atoms with E-state index < -0.39 is 11.6 Å². The largest absolute Gasteiger partial charge is 0.478 e. The molecule has 0 atom stereocenters. The number of aromatic nitrogens is 2. The van der Waals surface area contributed by atoms with Crippen LogP contribution in [0.2, 0.25) is 0 Å². The summed E-state index contributed by atoms with van der Waals surface area (Å²) in [4.78, 5) is 40.5. The van der Waals surface area contributed by atoms with Crippen LogP contribution in [0.25, 0.3) is 28.1 Å². The number of aromatic carboxylic acids is 1. The first kappa shape index (κ1) is 32.9. The first-order valence-corrected chi connectivity index (χ1v) is 16.6. The minimum atomic E-state index is -0.979. The van der Waals surface area contributed by atoms with Gasteiger partial charge >= 0.3 is 12.1 Å². The predicted octanol–water partition coefficient (Wildman–Crippen LogP) is 6.90. The molecule has 248 valence electrons. The standard InChI is InChI=1S/C39H43N5O4/c1-39(2,3)48-38(47)44-19-16-30(17-20-44)35-25-32(13-14-34(35)37(45)46)29-9-11-31(12-10-29)36-40-26-33(27-41-36)43-23-21-42(22-24-43)18-15-28-7-5-4-6-8-28/h4-14,16,25-27H,15,17-24H2,1-3H3,(H,45,46). The van der Waals surface area contributed by atoms with Gasteiger partial charge in [0.25, 0.3) is 0 Å². The number of ether oxygens (including phenoxy) is 1. The fourth-order valence-corrected chi connectivity index (χ4v) is 6.19. The van der Waals surface area contributed by atoms with Crippen LogP contribution in [0.3, 0.4) is 0 Å². The molecule has 2 aliphatic heterocycles. The lowest BCUT2D eigenvalue weighted by molar-refractivity contribution is 0.0270. The smallest absolute Gasteiger partial charge is 0.410 e. The zero-order chi connectivity index (χ0) is 33.7. The number of hydrogen-bond donors (Lipinski definition) is 1. The van der Waals surface area contributed by atoms with E-state index in [0.29, 0.717) is 30.9 Å². The molecule has 1 fully saturated rings. The minimum Gasteiger partial charge on any atom is -0.478 e. The lowest BCUT2D eigenvalue weighted by atomic mass is 9.91. The van der Waals surface area contributed by atoms with Crippen molar-refractivity contribution in [2.45, 2.75) is 39.2 Å². The van der Waals surface area contributed by atoms with Gasteiger partial charge in [0, 0.05) is 51.4 Å². The number of carbonyl (C=O) groups excluding carboxylic acids is 1. The Morgan fingerprint density at radius 1 is 0.833 bits per heavy atom. The van der Waals surface area contributed by atoms with E-state index in [2.05, 4.69) is 50.1 Å². The Morgan fingerprint density at radius 2 is 1.50 bits per heavy atom. The number of benzene rings is 3. The van der Waals surface area contributed by atoms with Gasteiger partial charge in [0.2, 0.25) is 0 Å². The second-order valence-corrected chi connectivity index (χ2v) is 13.4. The van der Waals surface area contributed by atoms with Gasteiger partial charge in [-0.1, -0.05) is 66.7 Å². The molecule has 3 heterocycles. The van der Waals surface area contributed by atoms with Crippen molar-refractivity contribution in [3.05, 3.63) is 108 Å². The van der Waals surface area contributed by atoms with Gasteiger partial charge in [-0.05, 0) is 73.6 Å². The van der Waals surface area contributed by atoms with Gasteiger partial charge in [-0.2, -0.15) is 0 Å². The maximum absolute atomic E-state index is 12.5. The number of rotatable bonds is 8. The first-order valence-electron chi connectivity index (χ1n) is 16.6. The molecule has 1 aromatic heterocycles. The average molecular weight is 646 g/mol. The van der Waals surface area contributed by atoms with E-state index in [9.17, 15) is 14.7 Å². The molecule has 1 amide bonds. The zero-order valence-corrected chi connectivity index (χ0v) is 27.9. The molecular weight excluding hydrogens is 602 g/mol. The Hall–Kier alpha value is -5.02. The fraction of sp³-hybridized carbons (Fsp3) is 0.333. The van der Waals surface area contributed by atoms with Crippen molar-refractivity contribution in [3.63, 3.8) is 0 Å². The van der Waals surface area contributed by atoms with E-state index in [1.165, 1.54) is 5.56 Å². The van der Waals surface area contributed by atoms with E-state index >= 15 is 0 Å². The van der Waals surface area contributed by atoms with Gasteiger partial charge in [0.15, 0.2) is 5.82 Å². The summed E-state index contributed by atoms with van der Waals surface area (Å²) in [7, 11) is 0. The van der Waals surface area contributed by atoms with Crippen LogP contribution < -0.4 is 4.90 Å². The summed E-state index contributed by atoms with van der Waals surface area (Å²) in [6.07, 6.45) is 6.99. The van der Waals surface area contributed by atoms with Gasteiger partial charge in [-0.15, -0.1) is 0 Å². The lowest BCUT2D eigenvalue weighted by Gasteiger charge is -2.35. The van der Waals surface area contributed by atoms with Crippen LogP contribution in [0.5, 0.6) is 0 Å². The summed E-state index contributed by atoms with van der Waals surface area (Å²) in [6, 6.07) is 24.1. The van der Waals surface area contributed by atoms with E-state index in [0.717, 1.165) is 67.1 Å². The third-order valence-corrected chi connectivity index (χ3v) is 8.87. The highest BCUT2D eigenvalue weighted by molar-refractivity contribution is 5.95. The Balaban J connectivity index is 1.09. The van der Waals surface area contributed by atoms with Gasteiger partial charge in [0.05, 0.1) is 23.6 Å². The van der Waals surface area contributed by atoms with Gasteiger partial charge < -0.3 is 19.6 Å². The molecule has 1 saturated heterocycles. The zero-order valence-electron chi connectivity index (χ0n) is 27.9. The number of hydrogen-bond acceptors (Lipinski definition) is 7. The molecule has 0 spiro atoms. The molecule has 9 heteroatoms. The molecule has 0 radical (unpaired) electrons. The molecule has 3 aromatic carbocycles. The SMILES string of the molecule is CC(C)(C)OC(=O)N1CC=C(c2cc(-c3ccc(-c4ncc(N5CCN(CCc6ccccc6)CC5)cn4)cc3)ccc2C(=O)O)CC1.